The molecule has 0 aliphatic carbocycles. The van der Waals surface area contributed by atoms with Crippen LogP contribution in [-0.2, 0) is 14.3 Å². The second-order valence-corrected chi connectivity index (χ2v) is 4.52. The molecular formula is C11H19NO7. The van der Waals surface area contributed by atoms with Gasteiger partial charge in [-0.2, -0.15) is 0 Å². The Hall–Kier alpha value is -1.06. The maximum absolute atomic E-state index is 11.5. The Morgan fingerprint density at radius 2 is 1.79 bits per heavy atom. The SMILES string of the molecule is CC(=O)CCC(=O)NC1C(O)OC(CO)C(O)C1O. The van der Waals surface area contributed by atoms with E-state index in [4.69, 9.17) is 9.84 Å². The van der Waals surface area contributed by atoms with Gasteiger partial charge in [0, 0.05) is 12.8 Å². The molecule has 1 saturated heterocycles. The number of amides is 1. The Balaban J connectivity index is 2.57. The average molecular weight is 277 g/mol. The lowest BCUT2D eigenvalue weighted by atomic mass is 9.97. The molecule has 5 atom stereocenters. The van der Waals surface area contributed by atoms with E-state index < -0.39 is 43.2 Å². The molecule has 0 bridgehead atoms. The quantitative estimate of drug-likeness (QED) is 0.368. The van der Waals surface area contributed by atoms with Gasteiger partial charge in [0.05, 0.1) is 6.61 Å². The monoisotopic (exact) mass is 277 g/mol. The van der Waals surface area contributed by atoms with Crippen molar-refractivity contribution in [1.29, 1.82) is 0 Å². The summed E-state index contributed by atoms with van der Waals surface area (Å²) in [6.45, 7) is 0.774. The predicted octanol–water partition coefficient (Wildman–Crippen LogP) is -2.73. The van der Waals surface area contributed by atoms with E-state index in [1.54, 1.807) is 0 Å². The van der Waals surface area contributed by atoms with Crippen molar-refractivity contribution < 1.29 is 34.8 Å². The minimum atomic E-state index is -1.54. The Morgan fingerprint density at radius 3 is 2.32 bits per heavy atom. The highest BCUT2D eigenvalue weighted by Crippen LogP contribution is 2.19. The van der Waals surface area contributed by atoms with Crippen LogP contribution in [0, 0.1) is 0 Å². The molecule has 1 heterocycles. The van der Waals surface area contributed by atoms with Gasteiger partial charge in [-0.05, 0) is 6.92 Å². The molecule has 1 fully saturated rings. The average Bonchev–Trinajstić information content (AvgIpc) is 2.36. The van der Waals surface area contributed by atoms with E-state index in [0.29, 0.717) is 0 Å². The molecule has 1 amide bonds. The highest BCUT2D eigenvalue weighted by molar-refractivity contribution is 5.83. The largest absolute Gasteiger partial charge is 0.394 e. The number of nitrogens with one attached hydrogen (secondary N) is 1. The zero-order chi connectivity index (χ0) is 14.6. The van der Waals surface area contributed by atoms with Crippen LogP contribution in [0.2, 0.25) is 0 Å². The molecule has 5 unspecified atom stereocenters. The second kappa shape index (κ2) is 6.92. The van der Waals surface area contributed by atoms with Crippen LogP contribution in [0.1, 0.15) is 19.8 Å². The van der Waals surface area contributed by atoms with Crippen LogP contribution < -0.4 is 5.32 Å². The molecule has 110 valence electrons. The van der Waals surface area contributed by atoms with E-state index in [1.807, 2.05) is 0 Å². The molecule has 0 aromatic carbocycles. The number of rotatable bonds is 5. The van der Waals surface area contributed by atoms with Crippen molar-refractivity contribution in [2.75, 3.05) is 6.61 Å². The van der Waals surface area contributed by atoms with Gasteiger partial charge < -0.3 is 35.3 Å². The molecule has 5 N–H and O–H groups in total. The number of hydrogen-bond acceptors (Lipinski definition) is 7. The summed E-state index contributed by atoms with van der Waals surface area (Å²) in [5, 5.41) is 40.1. The molecule has 0 saturated carbocycles. The minimum Gasteiger partial charge on any atom is -0.394 e. The van der Waals surface area contributed by atoms with E-state index in [0.717, 1.165) is 0 Å². The number of ketones is 1. The number of ether oxygens (including phenoxy) is 1. The van der Waals surface area contributed by atoms with Crippen molar-refractivity contribution in [3.05, 3.63) is 0 Å². The number of aliphatic hydroxyl groups is 4. The normalized spacial score (nSPS) is 34.9. The summed E-state index contributed by atoms with van der Waals surface area (Å²) in [5.41, 5.74) is 0. The van der Waals surface area contributed by atoms with E-state index in [2.05, 4.69) is 5.32 Å². The molecule has 1 aliphatic heterocycles. The fourth-order valence-electron chi connectivity index (χ4n) is 1.80. The first-order valence-corrected chi connectivity index (χ1v) is 5.96. The summed E-state index contributed by atoms with van der Waals surface area (Å²) in [7, 11) is 0. The first kappa shape index (κ1) is 16.0. The fourth-order valence-corrected chi connectivity index (χ4v) is 1.80. The van der Waals surface area contributed by atoms with Crippen LogP contribution in [0.25, 0.3) is 0 Å². The van der Waals surface area contributed by atoms with Crippen LogP contribution in [-0.4, -0.2) is 69.4 Å². The molecule has 8 heteroatoms. The van der Waals surface area contributed by atoms with Crippen LogP contribution in [0.4, 0.5) is 0 Å². The minimum absolute atomic E-state index is 0.0490. The Labute approximate surface area is 110 Å². The van der Waals surface area contributed by atoms with Gasteiger partial charge in [0.15, 0.2) is 6.29 Å². The molecular weight excluding hydrogens is 258 g/mol. The third-order valence-electron chi connectivity index (χ3n) is 2.93. The van der Waals surface area contributed by atoms with Crippen LogP contribution in [0.5, 0.6) is 0 Å². The fraction of sp³-hybridized carbons (Fsp3) is 0.818. The standard InChI is InChI=1S/C11H19NO7/c1-5(14)2-3-7(15)12-8-10(17)9(16)6(4-13)19-11(8)18/h6,8-11,13,16-18H,2-4H2,1H3,(H,12,15). The van der Waals surface area contributed by atoms with Crippen LogP contribution in [0.3, 0.4) is 0 Å². The van der Waals surface area contributed by atoms with Crippen LogP contribution >= 0.6 is 0 Å². The second-order valence-electron chi connectivity index (χ2n) is 4.52. The molecule has 0 aromatic heterocycles. The molecule has 1 aliphatic rings. The summed E-state index contributed by atoms with van der Waals surface area (Å²) < 4.78 is 4.87. The van der Waals surface area contributed by atoms with Gasteiger partial charge in [-0.3, -0.25) is 4.79 Å². The summed E-state index contributed by atoms with van der Waals surface area (Å²) in [6.07, 6.45) is -5.58. The number of Topliss-reactive ketones (excluding diaryl/α,β-unsaturated/α-hetero) is 1. The summed E-state index contributed by atoms with van der Waals surface area (Å²) in [5.74, 6) is -0.701. The molecule has 1 rings (SSSR count). The number of aliphatic hydroxyl groups excluding tert-OH is 4. The lowest BCUT2D eigenvalue weighted by molar-refractivity contribution is -0.253. The van der Waals surface area contributed by atoms with Gasteiger partial charge in [-0.25, -0.2) is 0 Å². The molecule has 19 heavy (non-hydrogen) atoms. The van der Waals surface area contributed by atoms with Gasteiger partial charge in [0.2, 0.25) is 5.91 Å². The summed E-state index contributed by atoms with van der Waals surface area (Å²) >= 11 is 0. The molecule has 0 radical (unpaired) electrons. The number of carbonyl (C=O) groups is 2. The third kappa shape index (κ3) is 4.22. The third-order valence-corrected chi connectivity index (χ3v) is 2.93. The Bertz CT molecular complexity index is 335. The van der Waals surface area contributed by atoms with Crippen molar-refractivity contribution in [2.45, 2.75) is 50.4 Å². The van der Waals surface area contributed by atoms with E-state index in [1.165, 1.54) is 6.92 Å². The maximum atomic E-state index is 11.5. The summed E-state index contributed by atoms with van der Waals surface area (Å²) in [6, 6.07) is -1.21. The summed E-state index contributed by atoms with van der Waals surface area (Å²) in [4.78, 5) is 22.2. The predicted molar refractivity (Wildman–Crippen MR) is 61.8 cm³/mol. The molecule has 8 nitrogen and oxygen atoms in total. The zero-order valence-electron chi connectivity index (χ0n) is 10.5. The van der Waals surface area contributed by atoms with E-state index in [9.17, 15) is 24.9 Å². The Kier molecular flexibility index (Phi) is 5.83. The van der Waals surface area contributed by atoms with Gasteiger partial charge >= 0.3 is 0 Å². The highest BCUT2D eigenvalue weighted by atomic mass is 16.6. The molecule has 0 aromatic rings. The Morgan fingerprint density at radius 1 is 1.16 bits per heavy atom. The van der Waals surface area contributed by atoms with Crippen LogP contribution in [0.15, 0.2) is 0 Å². The topological polar surface area (TPSA) is 136 Å². The van der Waals surface area contributed by atoms with E-state index >= 15 is 0 Å². The maximum Gasteiger partial charge on any atom is 0.220 e. The van der Waals surface area contributed by atoms with Crippen molar-refractivity contribution >= 4 is 11.7 Å². The molecule has 0 spiro atoms. The first-order valence-electron chi connectivity index (χ1n) is 5.96. The van der Waals surface area contributed by atoms with Crippen molar-refractivity contribution in [3.8, 4) is 0 Å². The number of hydrogen-bond donors (Lipinski definition) is 5. The van der Waals surface area contributed by atoms with Gasteiger partial charge in [-0.1, -0.05) is 0 Å². The smallest absolute Gasteiger partial charge is 0.220 e. The lowest BCUT2D eigenvalue weighted by Gasteiger charge is -2.40. The van der Waals surface area contributed by atoms with Gasteiger partial charge in [-0.15, -0.1) is 0 Å². The van der Waals surface area contributed by atoms with E-state index in [-0.39, 0.29) is 18.6 Å². The van der Waals surface area contributed by atoms with Gasteiger partial charge in [0.25, 0.3) is 0 Å². The number of carbonyl (C=O) groups excluding carboxylic acids is 2. The van der Waals surface area contributed by atoms with Crippen molar-refractivity contribution in [3.63, 3.8) is 0 Å². The van der Waals surface area contributed by atoms with Crippen molar-refractivity contribution in [1.82, 2.24) is 5.32 Å². The van der Waals surface area contributed by atoms with Crippen molar-refractivity contribution in [2.24, 2.45) is 0 Å². The zero-order valence-corrected chi connectivity index (χ0v) is 10.5. The van der Waals surface area contributed by atoms with Gasteiger partial charge in [0.1, 0.15) is 30.1 Å². The highest BCUT2D eigenvalue weighted by Gasteiger charge is 2.44. The lowest BCUT2D eigenvalue weighted by Crippen LogP contribution is -2.64. The first-order chi connectivity index (χ1) is 8.86.